The van der Waals surface area contributed by atoms with Crippen LogP contribution in [0.2, 0.25) is 0 Å². The summed E-state index contributed by atoms with van der Waals surface area (Å²) in [5, 5.41) is 0. The highest BCUT2D eigenvalue weighted by Crippen LogP contribution is 2.34. The van der Waals surface area contributed by atoms with Gasteiger partial charge in [-0.15, -0.1) is 0 Å². The lowest BCUT2D eigenvalue weighted by atomic mass is 9.94. The van der Waals surface area contributed by atoms with Crippen molar-refractivity contribution in [3.05, 3.63) is 11.6 Å². The highest BCUT2D eigenvalue weighted by Gasteiger charge is 2.35. The topological polar surface area (TPSA) is 44.8 Å². The van der Waals surface area contributed by atoms with E-state index in [2.05, 4.69) is 0 Å². The van der Waals surface area contributed by atoms with E-state index in [0.29, 0.717) is 19.1 Å². The van der Waals surface area contributed by atoms with E-state index >= 15 is 0 Å². The van der Waals surface area contributed by atoms with Gasteiger partial charge in [0.2, 0.25) is 0 Å². The first-order valence-corrected chi connectivity index (χ1v) is 5.33. The van der Waals surface area contributed by atoms with Crippen LogP contribution in [0, 0.1) is 5.92 Å². The molecule has 15 heavy (non-hydrogen) atoms. The van der Waals surface area contributed by atoms with Gasteiger partial charge in [0.15, 0.2) is 6.29 Å². The smallest absolute Gasteiger partial charge is 0.302 e. The minimum atomic E-state index is -0.248. The summed E-state index contributed by atoms with van der Waals surface area (Å²) in [7, 11) is 0. The second kappa shape index (κ2) is 4.77. The lowest BCUT2D eigenvalue weighted by molar-refractivity contribution is -0.150. The molecule has 2 heterocycles. The maximum atomic E-state index is 10.6. The molecule has 2 aliphatic heterocycles. The van der Waals surface area contributed by atoms with E-state index < -0.39 is 0 Å². The van der Waals surface area contributed by atoms with Crippen LogP contribution in [0.4, 0.5) is 0 Å². The number of esters is 1. The highest BCUT2D eigenvalue weighted by atomic mass is 16.7. The Morgan fingerprint density at radius 3 is 3.27 bits per heavy atom. The van der Waals surface area contributed by atoms with Gasteiger partial charge in [-0.25, -0.2) is 0 Å². The first-order valence-electron chi connectivity index (χ1n) is 5.33. The van der Waals surface area contributed by atoms with E-state index in [-0.39, 0.29) is 12.3 Å². The van der Waals surface area contributed by atoms with Gasteiger partial charge < -0.3 is 14.2 Å². The molecular formula is C11H16O4. The van der Waals surface area contributed by atoms with E-state index in [1.54, 1.807) is 0 Å². The lowest BCUT2D eigenvalue weighted by Gasteiger charge is -2.24. The molecule has 0 N–H and O–H groups in total. The van der Waals surface area contributed by atoms with Crippen molar-refractivity contribution < 1.29 is 19.0 Å². The molecule has 2 saturated heterocycles. The third kappa shape index (κ3) is 2.58. The Bertz CT molecular complexity index is 272. The van der Waals surface area contributed by atoms with Crippen molar-refractivity contribution >= 4 is 5.97 Å². The molecule has 4 nitrogen and oxygen atoms in total. The maximum absolute atomic E-state index is 10.6. The van der Waals surface area contributed by atoms with E-state index in [0.717, 1.165) is 19.4 Å². The number of hydrogen-bond acceptors (Lipinski definition) is 4. The van der Waals surface area contributed by atoms with Gasteiger partial charge in [0, 0.05) is 19.4 Å². The maximum Gasteiger partial charge on any atom is 0.302 e. The molecular weight excluding hydrogens is 196 g/mol. The first kappa shape index (κ1) is 10.6. The molecule has 2 atom stereocenters. The molecule has 0 saturated carbocycles. The van der Waals surface area contributed by atoms with Gasteiger partial charge in [-0.05, 0) is 24.5 Å². The van der Waals surface area contributed by atoms with Crippen LogP contribution < -0.4 is 0 Å². The van der Waals surface area contributed by atoms with E-state index in [4.69, 9.17) is 14.2 Å². The fourth-order valence-electron chi connectivity index (χ4n) is 2.04. The van der Waals surface area contributed by atoms with Crippen LogP contribution in [0.5, 0.6) is 0 Å². The Kier molecular flexibility index (Phi) is 3.38. The Hall–Kier alpha value is -0.870. The minimum Gasteiger partial charge on any atom is -0.462 e. The summed E-state index contributed by atoms with van der Waals surface area (Å²) in [6.07, 6.45) is 4.06. The minimum absolute atomic E-state index is 0.0673. The number of ether oxygens (including phenoxy) is 3. The summed E-state index contributed by atoms with van der Waals surface area (Å²) in [5.74, 6) is 0.122. The largest absolute Gasteiger partial charge is 0.462 e. The Labute approximate surface area is 89.2 Å². The number of hydrogen-bond donors (Lipinski definition) is 0. The third-order valence-electron chi connectivity index (χ3n) is 2.79. The average Bonchev–Trinajstić information content (AvgIpc) is 2.62. The molecule has 2 rings (SSSR count). The molecule has 0 aromatic rings. The van der Waals surface area contributed by atoms with Crippen molar-refractivity contribution in [1.29, 1.82) is 0 Å². The predicted octanol–water partition coefficient (Wildman–Crippen LogP) is 1.26. The van der Waals surface area contributed by atoms with Crippen molar-refractivity contribution in [3.8, 4) is 0 Å². The van der Waals surface area contributed by atoms with Gasteiger partial charge in [0.05, 0.1) is 6.61 Å². The zero-order valence-electron chi connectivity index (χ0n) is 8.90. The van der Waals surface area contributed by atoms with Crippen molar-refractivity contribution in [3.63, 3.8) is 0 Å². The predicted molar refractivity (Wildman–Crippen MR) is 53.1 cm³/mol. The van der Waals surface area contributed by atoms with Gasteiger partial charge >= 0.3 is 5.97 Å². The third-order valence-corrected chi connectivity index (χ3v) is 2.79. The quantitative estimate of drug-likeness (QED) is 0.510. The molecule has 4 heteroatoms. The van der Waals surface area contributed by atoms with E-state index in [9.17, 15) is 4.79 Å². The molecule has 2 fully saturated rings. The average molecular weight is 212 g/mol. The number of carbonyl (C=O) groups is 1. The van der Waals surface area contributed by atoms with Crippen molar-refractivity contribution in [2.75, 3.05) is 19.8 Å². The normalized spacial score (nSPS) is 32.7. The second-order valence-corrected chi connectivity index (χ2v) is 3.88. The first-order chi connectivity index (χ1) is 7.27. The summed E-state index contributed by atoms with van der Waals surface area (Å²) in [5.41, 5.74) is 1.21. The summed E-state index contributed by atoms with van der Waals surface area (Å²) >= 11 is 0. The fourth-order valence-corrected chi connectivity index (χ4v) is 2.04. The molecule has 0 bridgehead atoms. The molecule has 2 aliphatic rings. The van der Waals surface area contributed by atoms with Crippen molar-refractivity contribution in [1.82, 2.24) is 0 Å². The van der Waals surface area contributed by atoms with Gasteiger partial charge in [-0.3, -0.25) is 4.79 Å². The number of fused-ring (bicyclic) bond motifs is 1. The summed E-state index contributed by atoms with van der Waals surface area (Å²) < 4.78 is 15.9. The molecule has 0 radical (unpaired) electrons. The van der Waals surface area contributed by atoms with Gasteiger partial charge in [0.1, 0.15) is 6.61 Å². The molecule has 84 valence electrons. The molecule has 0 aromatic carbocycles. The Morgan fingerprint density at radius 1 is 1.60 bits per heavy atom. The highest BCUT2D eigenvalue weighted by molar-refractivity contribution is 5.66. The second-order valence-electron chi connectivity index (χ2n) is 3.88. The zero-order valence-corrected chi connectivity index (χ0v) is 8.90. The molecule has 0 aromatic heterocycles. The van der Waals surface area contributed by atoms with Gasteiger partial charge in [-0.2, -0.15) is 0 Å². The zero-order chi connectivity index (χ0) is 10.7. The van der Waals surface area contributed by atoms with E-state index in [1.807, 2.05) is 6.08 Å². The van der Waals surface area contributed by atoms with Crippen LogP contribution in [0.3, 0.4) is 0 Å². The number of carbonyl (C=O) groups excluding carboxylic acids is 1. The van der Waals surface area contributed by atoms with Gasteiger partial charge in [-0.1, -0.05) is 0 Å². The fraction of sp³-hybridized carbons (Fsp3) is 0.727. The summed E-state index contributed by atoms with van der Waals surface area (Å²) in [4.78, 5) is 10.6. The Morgan fingerprint density at radius 2 is 2.47 bits per heavy atom. The lowest BCUT2D eigenvalue weighted by Crippen LogP contribution is -2.26. The number of rotatable bonds is 2. The van der Waals surface area contributed by atoms with Crippen LogP contribution in [0.1, 0.15) is 19.8 Å². The van der Waals surface area contributed by atoms with Crippen LogP contribution in [0.15, 0.2) is 11.6 Å². The monoisotopic (exact) mass is 212 g/mol. The summed E-state index contributed by atoms with van der Waals surface area (Å²) in [6, 6.07) is 0. The molecule has 0 unspecified atom stereocenters. The standard InChI is InChI=1S/C11H16O4/c1-8(12)13-6-4-9-7-15-11-10(9)3-2-5-14-11/h4,10-11H,2-3,5-7H2,1H3/b9-4-/t10-,11+/m1/s1. The molecule has 0 amide bonds. The molecule has 0 aliphatic carbocycles. The van der Waals surface area contributed by atoms with Crippen LogP contribution >= 0.6 is 0 Å². The molecule has 0 spiro atoms. The van der Waals surface area contributed by atoms with Crippen molar-refractivity contribution in [2.45, 2.75) is 26.1 Å². The summed E-state index contributed by atoms with van der Waals surface area (Å²) in [6.45, 7) is 3.16. The van der Waals surface area contributed by atoms with E-state index in [1.165, 1.54) is 12.5 Å². The van der Waals surface area contributed by atoms with Crippen LogP contribution in [0.25, 0.3) is 0 Å². The Balaban J connectivity index is 1.89. The van der Waals surface area contributed by atoms with Crippen molar-refractivity contribution in [2.24, 2.45) is 5.92 Å². The SMILES string of the molecule is CC(=O)OC/C=C1/CO[C@@H]2OCCC[C@H]12. The van der Waals surface area contributed by atoms with Crippen LogP contribution in [-0.4, -0.2) is 32.1 Å². The van der Waals surface area contributed by atoms with Crippen LogP contribution in [-0.2, 0) is 19.0 Å². The van der Waals surface area contributed by atoms with Gasteiger partial charge in [0.25, 0.3) is 0 Å².